The number of fused-ring (bicyclic) bond motifs is 6. The SMILES string of the molecule is [C-]#[N+]c1cccc(-c2nc(-c3ccc(-c4cccc(C#N)c4)cc3C3c4ccc(-c5ccccc5)cc4-c4cc(-c5ccccc5)ccc43)nc(-c3ccc(-c4cccc(C#N)c4)cc3-n3c4ccc(-c5ccccc5)cc4c4cc(-c5ccccc5)ccc43)n2)c1. The lowest BCUT2D eigenvalue weighted by atomic mass is 9.83. The van der Waals surface area contributed by atoms with Crippen LogP contribution < -0.4 is 0 Å². The first-order valence-electron chi connectivity index (χ1n) is 30.6. The molecule has 2 aromatic heterocycles. The highest BCUT2D eigenvalue weighted by Crippen LogP contribution is 2.53. The van der Waals surface area contributed by atoms with E-state index in [1.54, 1.807) is 6.07 Å². The second-order valence-corrected chi connectivity index (χ2v) is 23.2. The van der Waals surface area contributed by atoms with Crippen molar-refractivity contribution in [3.8, 4) is 130 Å². The Morgan fingerprint density at radius 3 is 1.20 bits per heavy atom. The summed E-state index contributed by atoms with van der Waals surface area (Å²) in [5.41, 5.74) is 24.7. The zero-order valence-corrected chi connectivity index (χ0v) is 49.6. The lowest BCUT2D eigenvalue weighted by molar-refractivity contribution is 1.00. The minimum absolute atomic E-state index is 0.295. The van der Waals surface area contributed by atoms with Gasteiger partial charge in [0.2, 0.25) is 0 Å². The molecule has 13 aromatic carbocycles. The zero-order valence-electron chi connectivity index (χ0n) is 49.6. The zero-order chi connectivity index (χ0) is 61.7. The van der Waals surface area contributed by atoms with Gasteiger partial charge in [-0.2, -0.15) is 10.5 Å². The van der Waals surface area contributed by atoms with Crippen LogP contribution in [0.3, 0.4) is 0 Å². The highest BCUT2D eigenvalue weighted by molar-refractivity contribution is 6.12. The second kappa shape index (κ2) is 23.0. The van der Waals surface area contributed by atoms with Gasteiger partial charge in [0.05, 0.1) is 46.6 Å². The fourth-order valence-electron chi connectivity index (χ4n) is 13.4. The van der Waals surface area contributed by atoms with Crippen LogP contribution in [0.15, 0.2) is 303 Å². The third kappa shape index (κ3) is 9.84. The summed E-state index contributed by atoms with van der Waals surface area (Å²) in [6.07, 6.45) is 0. The summed E-state index contributed by atoms with van der Waals surface area (Å²) in [5.74, 6) is 0.974. The summed E-state index contributed by atoms with van der Waals surface area (Å²) in [6, 6.07) is 110. The number of rotatable bonds is 11. The number of nitriles is 2. The van der Waals surface area contributed by atoms with Crippen LogP contribution in [0, 0.1) is 29.2 Å². The molecule has 7 heteroatoms. The van der Waals surface area contributed by atoms with Crippen LogP contribution in [0.5, 0.6) is 0 Å². The molecule has 0 amide bonds. The van der Waals surface area contributed by atoms with Crippen LogP contribution in [0.25, 0.3) is 144 Å². The molecule has 92 heavy (non-hydrogen) atoms. The summed E-state index contributed by atoms with van der Waals surface area (Å²) in [6.45, 7) is 8.15. The molecule has 15 aromatic rings. The van der Waals surface area contributed by atoms with Crippen molar-refractivity contribution in [3.05, 3.63) is 343 Å². The minimum Gasteiger partial charge on any atom is -0.308 e. The first-order valence-corrected chi connectivity index (χ1v) is 30.6. The van der Waals surface area contributed by atoms with Gasteiger partial charge in [-0.1, -0.05) is 218 Å². The standard InChI is InChI=1S/C85H51N7/c1-88-69-30-16-29-68(45-69)83-89-84(72-39-33-66(60-27-14-17-54(43-60)52-86)50-78(72)82-70-37-31-62(56-19-6-2-7-20-56)46-74(70)75-47-63(32-38-71(75)82)57-21-8-3-9-22-57)91-85(90-83)73-40-34-67(61-28-15-18-55(44-61)53-87)51-81(73)92-79-41-35-64(58-23-10-4-11-24-58)48-76(79)77-49-65(36-42-80(77)92)59-25-12-5-13-26-59/h2-51,82H. The number of aromatic nitrogens is 4. The first kappa shape index (κ1) is 54.5. The van der Waals surface area contributed by atoms with Crippen LogP contribution in [-0.2, 0) is 0 Å². The van der Waals surface area contributed by atoms with E-state index < -0.39 is 0 Å². The highest BCUT2D eigenvalue weighted by Gasteiger charge is 2.34. The number of benzene rings is 13. The molecule has 1 aliphatic carbocycles. The molecule has 0 fully saturated rings. The molecule has 0 spiro atoms. The van der Waals surface area contributed by atoms with Gasteiger partial charge in [0.25, 0.3) is 0 Å². The summed E-state index contributed by atoms with van der Waals surface area (Å²) in [7, 11) is 0. The maximum absolute atomic E-state index is 10.2. The van der Waals surface area contributed by atoms with Gasteiger partial charge in [0.1, 0.15) is 0 Å². The maximum Gasteiger partial charge on any atom is 0.187 e. The molecule has 0 N–H and O–H groups in total. The predicted octanol–water partition coefficient (Wildman–Crippen LogP) is 21.4. The Hall–Kier alpha value is -12.9. The minimum atomic E-state index is -0.295. The largest absolute Gasteiger partial charge is 0.308 e. The molecule has 2 heterocycles. The average Bonchev–Trinajstić information content (AvgIpc) is 1.64. The summed E-state index contributed by atoms with van der Waals surface area (Å²) in [5, 5.41) is 22.6. The van der Waals surface area contributed by atoms with Crippen molar-refractivity contribution >= 4 is 27.5 Å². The Bertz CT molecular complexity index is 5370. The lowest BCUT2D eigenvalue weighted by Crippen LogP contribution is -2.07. The van der Waals surface area contributed by atoms with Crippen LogP contribution in [-0.4, -0.2) is 19.5 Å². The molecule has 1 aliphatic rings. The third-order valence-corrected chi connectivity index (χ3v) is 17.8. The summed E-state index contributed by atoms with van der Waals surface area (Å²) in [4.78, 5) is 20.6. The molecule has 0 aliphatic heterocycles. The smallest absolute Gasteiger partial charge is 0.187 e. The first-order chi connectivity index (χ1) is 45.4. The van der Waals surface area contributed by atoms with Gasteiger partial charge < -0.3 is 4.57 Å². The van der Waals surface area contributed by atoms with Gasteiger partial charge in [-0.3, -0.25) is 0 Å². The molecule has 0 saturated carbocycles. The van der Waals surface area contributed by atoms with E-state index in [1.165, 1.54) is 0 Å². The highest BCUT2D eigenvalue weighted by atomic mass is 15.1. The van der Waals surface area contributed by atoms with Crippen molar-refractivity contribution < 1.29 is 0 Å². The van der Waals surface area contributed by atoms with Crippen LogP contribution in [0.2, 0.25) is 0 Å². The Kier molecular flexibility index (Phi) is 13.6. The molecule has 426 valence electrons. The van der Waals surface area contributed by atoms with Crippen LogP contribution in [0.1, 0.15) is 33.7 Å². The van der Waals surface area contributed by atoms with E-state index in [0.717, 1.165) is 133 Å². The predicted molar refractivity (Wildman–Crippen MR) is 372 cm³/mol. The molecule has 0 radical (unpaired) electrons. The number of hydrogen-bond donors (Lipinski definition) is 0. The van der Waals surface area contributed by atoms with E-state index >= 15 is 0 Å². The van der Waals surface area contributed by atoms with Gasteiger partial charge in [0, 0.05) is 33.4 Å². The van der Waals surface area contributed by atoms with Crippen LogP contribution >= 0.6 is 0 Å². The molecule has 0 unspecified atom stereocenters. The number of nitrogens with zero attached hydrogens (tertiary/aromatic N) is 7. The molecule has 0 saturated heterocycles. The summed E-state index contributed by atoms with van der Waals surface area (Å²) >= 11 is 0. The maximum atomic E-state index is 10.2. The third-order valence-electron chi connectivity index (χ3n) is 17.8. The van der Waals surface area contributed by atoms with E-state index in [9.17, 15) is 10.5 Å². The molecule has 0 bridgehead atoms. The van der Waals surface area contributed by atoms with Gasteiger partial charge in [-0.05, 0) is 180 Å². The van der Waals surface area contributed by atoms with Crippen molar-refractivity contribution in [1.82, 2.24) is 19.5 Å². The quantitative estimate of drug-likeness (QED) is 0.120. The average molecular weight is 1170 g/mol. The van der Waals surface area contributed by atoms with E-state index in [1.807, 2.05) is 72.8 Å². The fourth-order valence-corrected chi connectivity index (χ4v) is 13.4. The Morgan fingerprint density at radius 1 is 0.304 bits per heavy atom. The summed E-state index contributed by atoms with van der Waals surface area (Å²) < 4.78 is 2.33. The van der Waals surface area contributed by atoms with E-state index in [0.29, 0.717) is 39.9 Å². The molecule has 7 nitrogen and oxygen atoms in total. The molecule has 0 atom stereocenters. The molecular formula is C85H51N7. The number of hydrogen-bond acceptors (Lipinski definition) is 5. The van der Waals surface area contributed by atoms with Crippen molar-refractivity contribution in [2.45, 2.75) is 5.92 Å². The van der Waals surface area contributed by atoms with Crippen LogP contribution in [0.4, 0.5) is 5.69 Å². The van der Waals surface area contributed by atoms with Gasteiger partial charge in [-0.25, -0.2) is 19.8 Å². The fraction of sp³-hybridized carbons (Fsp3) is 0.0118. The molecular weight excluding hydrogens is 1120 g/mol. The van der Waals surface area contributed by atoms with E-state index in [-0.39, 0.29) is 5.92 Å². The monoisotopic (exact) mass is 1170 g/mol. The Labute approximate surface area is 532 Å². The van der Waals surface area contributed by atoms with Crippen molar-refractivity contribution in [3.63, 3.8) is 0 Å². The van der Waals surface area contributed by atoms with Crippen molar-refractivity contribution in [2.24, 2.45) is 0 Å². The molecule has 16 rings (SSSR count). The van der Waals surface area contributed by atoms with Crippen molar-refractivity contribution in [2.75, 3.05) is 0 Å². The lowest BCUT2D eigenvalue weighted by Gasteiger charge is -2.21. The van der Waals surface area contributed by atoms with Crippen molar-refractivity contribution in [1.29, 1.82) is 10.5 Å². The van der Waals surface area contributed by atoms with E-state index in [4.69, 9.17) is 21.5 Å². The second-order valence-electron chi connectivity index (χ2n) is 23.2. The van der Waals surface area contributed by atoms with Gasteiger partial charge in [-0.15, -0.1) is 0 Å². The van der Waals surface area contributed by atoms with Gasteiger partial charge >= 0.3 is 0 Å². The Balaban J connectivity index is 0.972. The Morgan fingerprint density at radius 2 is 0.696 bits per heavy atom. The normalized spacial score (nSPS) is 11.6. The topological polar surface area (TPSA) is 95.5 Å². The van der Waals surface area contributed by atoms with Gasteiger partial charge in [0.15, 0.2) is 23.2 Å². The van der Waals surface area contributed by atoms with E-state index in [2.05, 4.69) is 246 Å².